The lowest BCUT2D eigenvalue weighted by atomic mass is 9.95. The van der Waals surface area contributed by atoms with E-state index < -0.39 is 0 Å². The summed E-state index contributed by atoms with van der Waals surface area (Å²) in [5.41, 5.74) is 6.49. The molecule has 36 heavy (non-hydrogen) atoms. The van der Waals surface area contributed by atoms with Crippen LogP contribution in [0.5, 0.6) is 5.75 Å². The number of carbonyl (C=O) groups excluding carboxylic acids is 2. The highest BCUT2D eigenvalue weighted by Crippen LogP contribution is 2.20. The van der Waals surface area contributed by atoms with Crippen LogP contribution in [0.4, 0.5) is 10.6 Å². The summed E-state index contributed by atoms with van der Waals surface area (Å²) >= 11 is 0. The summed E-state index contributed by atoms with van der Waals surface area (Å²) in [6.07, 6.45) is 4.87. The number of fused-ring (bicyclic) bond motifs is 1. The van der Waals surface area contributed by atoms with Gasteiger partial charge in [0.1, 0.15) is 11.6 Å². The molecule has 0 spiro atoms. The SMILES string of the molecule is CN(C(=O)NCc1ccccc1O)C(CCCC(C)(C)N)CCC(=O)Nc1cc2ccccc2cn1. The molecule has 0 saturated carbocycles. The first kappa shape index (κ1) is 26.9. The van der Waals surface area contributed by atoms with Gasteiger partial charge in [-0.1, -0.05) is 42.5 Å². The largest absolute Gasteiger partial charge is 0.508 e. The fourth-order valence-electron chi connectivity index (χ4n) is 4.10. The highest BCUT2D eigenvalue weighted by Gasteiger charge is 2.22. The molecule has 1 aromatic heterocycles. The lowest BCUT2D eigenvalue weighted by Gasteiger charge is -2.29. The summed E-state index contributed by atoms with van der Waals surface area (Å²) in [5.74, 6) is 0.500. The van der Waals surface area contributed by atoms with E-state index in [9.17, 15) is 14.7 Å². The molecule has 8 nitrogen and oxygen atoms in total. The number of nitrogens with zero attached hydrogens (tertiary/aromatic N) is 2. The van der Waals surface area contributed by atoms with Gasteiger partial charge in [-0.2, -0.15) is 0 Å². The number of nitrogens with one attached hydrogen (secondary N) is 2. The molecule has 3 amide bonds. The number of para-hydroxylation sites is 1. The number of amides is 3. The van der Waals surface area contributed by atoms with Crippen molar-refractivity contribution >= 4 is 28.5 Å². The molecule has 0 fully saturated rings. The van der Waals surface area contributed by atoms with Gasteiger partial charge < -0.3 is 26.4 Å². The van der Waals surface area contributed by atoms with E-state index in [0.29, 0.717) is 17.8 Å². The number of hydrogen-bond acceptors (Lipinski definition) is 5. The number of nitrogens with two attached hydrogens (primary N) is 1. The van der Waals surface area contributed by atoms with Crippen LogP contribution in [-0.2, 0) is 11.3 Å². The summed E-state index contributed by atoms with van der Waals surface area (Å²) in [6.45, 7) is 4.18. The molecule has 0 bridgehead atoms. The van der Waals surface area contributed by atoms with E-state index in [0.717, 1.165) is 30.0 Å². The minimum Gasteiger partial charge on any atom is -0.508 e. The Balaban J connectivity index is 1.59. The molecule has 0 saturated heterocycles. The Labute approximate surface area is 212 Å². The Morgan fingerprint density at radius 3 is 2.50 bits per heavy atom. The van der Waals surface area contributed by atoms with E-state index in [1.54, 1.807) is 36.3 Å². The summed E-state index contributed by atoms with van der Waals surface area (Å²) in [6, 6.07) is 16.2. The van der Waals surface area contributed by atoms with Crippen molar-refractivity contribution < 1.29 is 14.7 Å². The Bertz CT molecular complexity index is 1180. The molecule has 1 unspecified atom stereocenters. The van der Waals surface area contributed by atoms with Crippen molar-refractivity contribution in [1.82, 2.24) is 15.2 Å². The van der Waals surface area contributed by atoms with Gasteiger partial charge in [-0.15, -0.1) is 0 Å². The molecule has 5 N–H and O–H groups in total. The second kappa shape index (κ2) is 12.4. The zero-order valence-electron chi connectivity index (χ0n) is 21.3. The third-order valence-electron chi connectivity index (χ3n) is 6.25. The van der Waals surface area contributed by atoms with Gasteiger partial charge >= 0.3 is 6.03 Å². The fraction of sp³-hybridized carbons (Fsp3) is 0.393. The predicted molar refractivity (Wildman–Crippen MR) is 144 cm³/mol. The second-order valence-electron chi connectivity index (χ2n) is 9.94. The summed E-state index contributed by atoms with van der Waals surface area (Å²) in [7, 11) is 1.74. The summed E-state index contributed by atoms with van der Waals surface area (Å²) < 4.78 is 0. The van der Waals surface area contributed by atoms with Gasteiger partial charge in [-0.3, -0.25) is 4.79 Å². The number of aromatic nitrogens is 1. The average molecular weight is 492 g/mol. The smallest absolute Gasteiger partial charge is 0.317 e. The highest BCUT2D eigenvalue weighted by molar-refractivity contribution is 5.92. The number of hydrogen-bond donors (Lipinski definition) is 4. The predicted octanol–water partition coefficient (Wildman–Crippen LogP) is 4.78. The number of urea groups is 1. The van der Waals surface area contributed by atoms with Crippen LogP contribution in [0, 0.1) is 0 Å². The van der Waals surface area contributed by atoms with E-state index in [1.165, 1.54) is 0 Å². The molecular formula is C28H37N5O3. The van der Waals surface area contributed by atoms with Crippen molar-refractivity contribution in [2.75, 3.05) is 12.4 Å². The number of anilines is 1. The topological polar surface area (TPSA) is 121 Å². The standard InChI is InChI=1S/C28H37N5O3/c1-28(2,29)16-8-12-23(33(3)27(36)31-19-22-11-6-7-13-24(22)34)14-15-26(35)32-25-17-20-9-4-5-10-21(20)18-30-25/h4-7,9-11,13,17-18,23,34H,8,12,14-16,19,29H2,1-3H3,(H,31,36)(H,30,32,35). The first-order valence-electron chi connectivity index (χ1n) is 12.3. The Kier molecular flexibility index (Phi) is 9.25. The van der Waals surface area contributed by atoms with Crippen molar-refractivity contribution in [2.24, 2.45) is 5.73 Å². The highest BCUT2D eigenvalue weighted by atomic mass is 16.3. The van der Waals surface area contributed by atoms with E-state index in [-0.39, 0.29) is 42.2 Å². The van der Waals surface area contributed by atoms with E-state index >= 15 is 0 Å². The third-order valence-corrected chi connectivity index (χ3v) is 6.25. The monoisotopic (exact) mass is 491 g/mol. The minimum absolute atomic E-state index is 0.140. The van der Waals surface area contributed by atoms with Crippen molar-refractivity contribution in [1.29, 1.82) is 0 Å². The van der Waals surface area contributed by atoms with Gasteiger partial charge in [0.05, 0.1) is 0 Å². The number of rotatable bonds is 11. The van der Waals surface area contributed by atoms with Gasteiger partial charge in [-0.05, 0) is 57.0 Å². The normalized spacial score (nSPS) is 12.2. The zero-order valence-corrected chi connectivity index (χ0v) is 21.3. The zero-order chi connectivity index (χ0) is 26.1. The maximum Gasteiger partial charge on any atom is 0.317 e. The molecule has 0 aliphatic rings. The van der Waals surface area contributed by atoms with Crippen LogP contribution in [0.1, 0.15) is 51.5 Å². The van der Waals surface area contributed by atoms with Crippen molar-refractivity contribution in [2.45, 2.75) is 64.1 Å². The van der Waals surface area contributed by atoms with Crippen molar-refractivity contribution in [3.63, 3.8) is 0 Å². The third kappa shape index (κ3) is 8.23. The van der Waals surface area contributed by atoms with Gasteiger partial charge in [0.2, 0.25) is 5.91 Å². The molecule has 0 radical (unpaired) electrons. The molecule has 1 heterocycles. The van der Waals surface area contributed by atoms with Crippen molar-refractivity contribution in [3.8, 4) is 5.75 Å². The lowest BCUT2D eigenvalue weighted by Crippen LogP contribution is -2.44. The van der Waals surface area contributed by atoms with Crippen LogP contribution >= 0.6 is 0 Å². The molecule has 0 aliphatic heterocycles. The van der Waals surface area contributed by atoms with Gasteiger partial charge in [0, 0.05) is 48.7 Å². The molecular weight excluding hydrogens is 454 g/mol. The van der Waals surface area contributed by atoms with Gasteiger partial charge in [0.25, 0.3) is 0 Å². The first-order chi connectivity index (χ1) is 17.1. The average Bonchev–Trinajstić information content (AvgIpc) is 2.84. The maximum atomic E-state index is 12.9. The van der Waals surface area contributed by atoms with E-state index in [4.69, 9.17) is 5.73 Å². The number of phenols is 1. The first-order valence-corrected chi connectivity index (χ1v) is 12.3. The van der Waals surface area contributed by atoms with Crippen LogP contribution in [0.2, 0.25) is 0 Å². The van der Waals surface area contributed by atoms with Crippen LogP contribution in [0.3, 0.4) is 0 Å². The van der Waals surface area contributed by atoms with Gasteiger partial charge in [-0.25, -0.2) is 9.78 Å². The molecule has 3 aromatic rings. The summed E-state index contributed by atoms with van der Waals surface area (Å²) in [4.78, 5) is 31.6. The molecule has 192 valence electrons. The fourth-order valence-corrected chi connectivity index (χ4v) is 4.10. The quantitative estimate of drug-likeness (QED) is 0.308. The van der Waals surface area contributed by atoms with E-state index in [2.05, 4.69) is 15.6 Å². The molecule has 1 atom stereocenters. The number of carbonyl (C=O) groups is 2. The number of benzene rings is 2. The minimum atomic E-state index is -0.296. The molecule has 3 rings (SSSR count). The molecule has 8 heteroatoms. The maximum absolute atomic E-state index is 12.9. The Morgan fingerprint density at radius 1 is 1.08 bits per heavy atom. The van der Waals surface area contributed by atoms with Crippen LogP contribution < -0.4 is 16.4 Å². The van der Waals surface area contributed by atoms with Crippen molar-refractivity contribution in [3.05, 3.63) is 66.4 Å². The van der Waals surface area contributed by atoms with Crippen LogP contribution in [-0.4, -0.2) is 45.6 Å². The number of phenolic OH excluding ortho intramolecular Hbond substituents is 1. The van der Waals surface area contributed by atoms with Crippen LogP contribution in [0.15, 0.2) is 60.8 Å². The Hall–Kier alpha value is -3.65. The van der Waals surface area contributed by atoms with Crippen LogP contribution in [0.25, 0.3) is 10.8 Å². The Morgan fingerprint density at radius 2 is 1.78 bits per heavy atom. The summed E-state index contributed by atoms with van der Waals surface area (Å²) in [5, 5.41) is 17.7. The van der Waals surface area contributed by atoms with Gasteiger partial charge in [0.15, 0.2) is 0 Å². The number of aromatic hydroxyl groups is 1. The number of pyridine rings is 1. The molecule has 2 aromatic carbocycles. The molecule has 0 aliphatic carbocycles. The lowest BCUT2D eigenvalue weighted by molar-refractivity contribution is -0.116. The second-order valence-corrected chi connectivity index (χ2v) is 9.94. The van der Waals surface area contributed by atoms with E-state index in [1.807, 2.05) is 50.2 Å².